The maximum absolute atomic E-state index is 13.1. The van der Waals surface area contributed by atoms with E-state index in [1.807, 2.05) is 5.43 Å². The van der Waals surface area contributed by atoms with E-state index in [0.717, 1.165) is 6.07 Å². The summed E-state index contributed by atoms with van der Waals surface area (Å²) in [5.41, 5.74) is 1.98. The molecule has 1 unspecified atom stereocenters. The highest BCUT2D eigenvalue weighted by atomic mass is 35.5. The molecular weight excluding hydrogens is 235 g/mol. The summed E-state index contributed by atoms with van der Waals surface area (Å²) >= 11 is 5.51. The van der Waals surface area contributed by atoms with E-state index in [2.05, 4.69) is 0 Å². The van der Waals surface area contributed by atoms with Crippen molar-refractivity contribution in [2.75, 3.05) is 0 Å². The molecule has 1 atom stereocenters. The van der Waals surface area contributed by atoms with Crippen LogP contribution in [0.1, 0.15) is 13.3 Å². The molecule has 3 N–H and O–H groups in total. The zero-order valence-corrected chi connectivity index (χ0v) is 9.42. The minimum absolute atomic E-state index is 0.00340. The third-order valence-corrected chi connectivity index (χ3v) is 2.28. The van der Waals surface area contributed by atoms with Gasteiger partial charge in [-0.1, -0.05) is 18.5 Å². The second kappa shape index (κ2) is 5.67. The predicted octanol–water partition coefficient (Wildman–Crippen LogP) is 1.63. The summed E-state index contributed by atoms with van der Waals surface area (Å²) in [5.74, 6) is 4.16. The molecule has 0 aliphatic carbocycles. The van der Waals surface area contributed by atoms with Gasteiger partial charge in [-0.15, -0.1) is 0 Å². The Balaban J connectivity index is 2.78. The molecule has 0 aromatic heterocycles. The number of halogens is 2. The minimum atomic E-state index is -0.745. The van der Waals surface area contributed by atoms with Gasteiger partial charge >= 0.3 is 0 Å². The molecule has 1 aromatic carbocycles. The van der Waals surface area contributed by atoms with Crippen molar-refractivity contribution < 1.29 is 13.9 Å². The van der Waals surface area contributed by atoms with Crippen LogP contribution in [0.15, 0.2) is 18.2 Å². The van der Waals surface area contributed by atoms with Gasteiger partial charge in [0, 0.05) is 6.07 Å². The van der Waals surface area contributed by atoms with Crippen molar-refractivity contribution >= 4 is 17.5 Å². The molecular formula is C10H12ClFN2O2. The Morgan fingerprint density at radius 1 is 1.69 bits per heavy atom. The van der Waals surface area contributed by atoms with Crippen molar-refractivity contribution in [3.8, 4) is 5.75 Å². The van der Waals surface area contributed by atoms with Crippen molar-refractivity contribution in [1.29, 1.82) is 0 Å². The van der Waals surface area contributed by atoms with Gasteiger partial charge in [-0.25, -0.2) is 10.2 Å². The first-order valence-corrected chi connectivity index (χ1v) is 5.08. The lowest BCUT2D eigenvalue weighted by Gasteiger charge is -2.15. The summed E-state index contributed by atoms with van der Waals surface area (Å²) in [7, 11) is 0. The summed E-state index contributed by atoms with van der Waals surface area (Å²) in [6.07, 6.45) is -0.321. The number of nitrogens with two attached hydrogens (primary N) is 1. The van der Waals surface area contributed by atoms with E-state index >= 15 is 0 Å². The number of amides is 1. The predicted molar refractivity (Wildman–Crippen MR) is 58.4 cm³/mol. The molecule has 16 heavy (non-hydrogen) atoms. The SMILES string of the molecule is CCC(Oc1ccc(Cl)c(F)c1)C(=O)NN. The van der Waals surface area contributed by atoms with E-state index in [9.17, 15) is 9.18 Å². The van der Waals surface area contributed by atoms with E-state index in [1.54, 1.807) is 6.92 Å². The number of hydrogen-bond donors (Lipinski definition) is 2. The normalized spacial score (nSPS) is 12.0. The van der Waals surface area contributed by atoms with Gasteiger partial charge in [-0.2, -0.15) is 0 Å². The molecule has 0 radical (unpaired) electrons. The Bertz CT molecular complexity index is 387. The Morgan fingerprint density at radius 3 is 2.88 bits per heavy atom. The molecule has 0 bridgehead atoms. The van der Waals surface area contributed by atoms with Crippen LogP contribution in [0, 0.1) is 5.82 Å². The maximum Gasteiger partial charge on any atom is 0.274 e. The molecule has 0 aliphatic rings. The van der Waals surface area contributed by atoms with E-state index in [1.165, 1.54) is 12.1 Å². The fraction of sp³-hybridized carbons (Fsp3) is 0.300. The average Bonchev–Trinajstić information content (AvgIpc) is 2.29. The van der Waals surface area contributed by atoms with Crippen LogP contribution >= 0.6 is 11.6 Å². The fourth-order valence-corrected chi connectivity index (χ4v) is 1.25. The van der Waals surface area contributed by atoms with Crippen LogP contribution in [0.5, 0.6) is 5.75 Å². The standard InChI is InChI=1S/C10H12ClFN2O2/c1-2-9(10(15)14-13)16-6-3-4-7(11)8(12)5-6/h3-5,9H,2,13H2,1H3,(H,14,15). The van der Waals surface area contributed by atoms with Gasteiger partial charge < -0.3 is 4.74 Å². The van der Waals surface area contributed by atoms with Crippen LogP contribution in [0.2, 0.25) is 5.02 Å². The fourth-order valence-electron chi connectivity index (χ4n) is 1.13. The zero-order chi connectivity index (χ0) is 12.1. The number of carbonyl (C=O) groups is 1. The van der Waals surface area contributed by atoms with Crippen molar-refractivity contribution in [3.05, 3.63) is 29.0 Å². The summed E-state index contributed by atoms with van der Waals surface area (Å²) in [6.45, 7) is 1.76. The van der Waals surface area contributed by atoms with E-state index in [0.29, 0.717) is 6.42 Å². The molecule has 6 heteroatoms. The molecule has 88 valence electrons. The van der Waals surface area contributed by atoms with Crippen LogP contribution < -0.4 is 16.0 Å². The van der Waals surface area contributed by atoms with Crippen molar-refractivity contribution in [2.24, 2.45) is 5.84 Å². The topological polar surface area (TPSA) is 64.3 Å². The van der Waals surface area contributed by atoms with Crippen LogP contribution in [0.4, 0.5) is 4.39 Å². The summed E-state index contributed by atoms with van der Waals surface area (Å²) in [6, 6.07) is 3.96. The number of carbonyl (C=O) groups excluding carboxylic acids is 1. The Kier molecular flexibility index (Phi) is 4.52. The molecule has 0 saturated heterocycles. The third kappa shape index (κ3) is 3.08. The molecule has 0 aliphatic heterocycles. The molecule has 0 fully saturated rings. The number of hydrazine groups is 1. The minimum Gasteiger partial charge on any atom is -0.480 e. The highest BCUT2D eigenvalue weighted by molar-refractivity contribution is 6.30. The molecule has 0 saturated carbocycles. The van der Waals surface area contributed by atoms with Gasteiger partial charge in [0.25, 0.3) is 5.91 Å². The van der Waals surface area contributed by atoms with Gasteiger partial charge in [0.1, 0.15) is 11.6 Å². The average molecular weight is 247 g/mol. The molecule has 4 nitrogen and oxygen atoms in total. The second-order valence-corrected chi connectivity index (χ2v) is 3.51. The zero-order valence-electron chi connectivity index (χ0n) is 8.67. The van der Waals surface area contributed by atoms with Crippen molar-refractivity contribution in [1.82, 2.24) is 5.43 Å². The highest BCUT2D eigenvalue weighted by Gasteiger charge is 2.17. The van der Waals surface area contributed by atoms with Crippen LogP contribution in [0.3, 0.4) is 0 Å². The molecule has 0 spiro atoms. The van der Waals surface area contributed by atoms with Gasteiger partial charge in [-0.3, -0.25) is 10.2 Å². The Morgan fingerprint density at radius 2 is 2.38 bits per heavy atom. The summed E-state index contributed by atoms with van der Waals surface area (Å²) in [4.78, 5) is 11.2. The first-order valence-electron chi connectivity index (χ1n) is 4.70. The second-order valence-electron chi connectivity index (χ2n) is 3.10. The number of hydrogen-bond acceptors (Lipinski definition) is 3. The van der Waals surface area contributed by atoms with Crippen molar-refractivity contribution in [3.63, 3.8) is 0 Å². The van der Waals surface area contributed by atoms with Crippen LogP contribution in [-0.4, -0.2) is 12.0 Å². The first kappa shape index (κ1) is 12.7. The highest BCUT2D eigenvalue weighted by Crippen LogP contribution is 2.21. The van der Waals surface area contributed by atoms with E-state index in [4.69, 9.17) is 22.2 Å². The van der Waals surface area contributed by atoms with Gasteiger partial charge in [0.15, 0.2) is 6.10 Å². The van der Waals surface area contributed by atoms with Crippen molar-refractivity contribution in [2.45, 2.75) is 19.4 Å². The molecule has 1 amide bonds. The largest absolute Gasteiger partial charge is 0.480 e. The summed E-state index contributed by atoms with van der Waals surface area (Å²) in [5, 5.41) is 0.00340. The monoisotopic (exact) mass is 246 g/mol. The quantitative estimate of drug-likeness (QED) is 0.482. The Labute approximate surface area is 97.5 Å². The number of rotatable bonds is 4. The van der Waals surface area contributed by atoms with Crippen LogP contribution in [-0.2, 0) is 4.79 Å². The molecule has 1 rings (SSSR count). The summed E-state index contributed by atoms with van der Waals surface area (Å²) < 4.78 is 18.3. The lowest BCUT2D eigenvalue weighted by Crippen LogP contribution is -2.41. The first-order chi connectivity index (χ1) is 7.58. The Hall–Kier alpha value is -1.33. The van der Waals surface area contributed by atoms with Gasteiger partial charge in [0.05, 0.1) is 5.02 Å². The van der Waals surface area contributed by atoms with E-state index < -0.39 is 17.8 Å². The number of benzene rings is 1. The lowest BCUT2D eigenvalue weighted by atomic mass is 10.2. The van der Waals surface area contributed by atoms with Gasteiger partial charge in [-0.05, 0) is 18.6 Å². The maximum atomic E-state index is 13.1. The van der Waals surface area contributed by atoms with Crippen LogP contribution in [0.25, 0.3) is 0 Å². The third-order valence-electron chi connectivity index (χ3n) is 1.97. The van der Waals surface area contributed by atoms with Gasteiger partial charge in [0.2, 0.25) is 0 Å². The molecule has 0 heterocycles. The number of ether oxygens (including phenoxy) is 1. The van der Waals surface area contributed by atoms with E-state index in [-0.39, 0.29) is 10.8 Å². The molecule has 1 aromatic rings. The smallest absolute Gasteiger partial charge is 0.274 e. The lowest BCUT2D eigenvalue weighted by molar-refractivity contribution is -0.128. The number of nitrogens with one attached hydrogen (secondary N) is 1.